The van der Waals surface area contributed by atoms with Gasteiger partial charge >= 0.3 is 0 Å². The van der Waals surface area contributed by atoms with E-state index in [0.717, 1.165) is 12.8 Å². The largest absolute Gasteiger partial charge is 0.393 e. The van der Waals surface area contributed by atoms with E-state index in [9.17, 15) is 5.11 Å². The summed E-state index contributed by atoms with van der Waals surface area (Å²) in [5, 5.41) is 18.5. The highest BCUT2D eigenvalue weighted by atomic mass is 16.3. The molecular weight excluding hydrogens is 140 g/mol. The lowest BCUT2D eigenvalue weighted by molar-refractivity contribution is 0.0787. The molecule has 1 rings (SSSR count). The van der Waals surface area contributed by atoms with Crippen molar-refractivity contribution >= 4 is 0 Å². The number of aliphatic hydroxyl groups is 2. The van der Waals surface area contributed by atoms with Crippen LogP contribution in [0.1, 0.15) is 26.2 Å². The molecule has 2 heteroatoms. The van der Waals surface area contributed by atoms with Crippen LogP contribution in [0, 0.1) is 5.92 Å². The highest BCUT2D eigenvalue weighted by Gasteiger charge is 2.19. The fraction of sp³-hybridized carbons (Fsp3) is 0.778. The van der Waals surface area contributed by atoms with Gasteiger partial charge in [0.25, 0.3) is 0 Å². The van der Waals surface area contributed by atoms with E-state index in [1.807, 2.05) is 6.08 Å². The van der Waals surface area contributed by atoms with E-state index in [2.05, 4.69) is 6.08 Å². The van der Waals surface area contributed by atoms with E-state index in [-0.39, 0.29) is 18.1 Å². The third-order valence-electron chi connectivity index (χ3n) is 2.12. The van der Waals surface area contributed by atoms with Crippen LogP contribution in [0.15, 0.2) is 12.2 Å². The number of aliphatic hydroxyl groups excluding tert-OH is 2. The van der Waals surface area contributed by atoms with Crippen LogP contribution in [0.4, 0.5) is 0 Å². The van der Waals surface area contributed by atoms with Crippen molar-refractivity contribution in [2.45, 2.75) is 38.4 Å². The zero-order valence-electron chi connectivity index (χ0n) is 6.90. The lowest BCUT2D eigenvalue weighted by atomic mass is 9.88. The summed E-state index contributed by atoms with van der Waals surface area (Å²) in [6, 6.07) is 0. The smallest absolute Gasteiger partial charge is 0.0606 e. The van der Waals surface area contributed by atoms with Gasteiger partial charge in [-0.3, -0.25) is 0 Å². The van der Waals surface area contributed by atoms with Crippen LogP contribution in [0.25, 0.3) is 0 Å². The standard InChI is InChI=1S/C9H16O2/c1-7(10)6-8-4-2-3-5-9(8)11/h2,4,7-11H,3,5-6H2,1H3/t7-,8-,9-/m0/s1. The first-order valence-corrected chi connectivity index (χ1v) is 4.23. The maximum Gasteiger partial charge on any atom is 0.0606 e. The average molecular weight is 156 g/mol. The molecule has 2 N–H and O–H groups in total. The molecule has 0 saturated heterocycles. The van der Waals surface area contributed by atoms with Gasteiger partial charge in [-0.15, -0.1) is 0 Å². The van der Waals surface area contributed by atoms with Gasteiger partial charge in [0.15, 0.2) is 0 Å². The van der Waals surface area contributed by atoms with Gasteiger partial charge in [0, 0.05) is 5.92 Å². The Morgan fingerprint density at radius 1 is 1.64 bits per heavy atom. The molecular formula is C9H16O2. The Bertz CT molecular complexity index is 140. The van der Waals surface area contributed by atoms with Crippen molar-refractivity contribution in [3.8, 4) is 0 Å². The van der Waals surface area contributed by atoms with Gasteiger partial charge in [-0.25, -0.2) is 0 Å². The summed E-state index contributed by atoms with van der Waals surface area (Å²) in [7, 11) is 0. The first-order valence-electron chi connectivity index (χ1n) is 4.23. The van der Waals surface area contributed by atoms with Gasteiger partial charge in [0.2, 0.25) is 0 Å². The maximum atomic E-state index is 9.46. The molecule has 0 aromatic carbocycles. The number of allylic oxidation sites excluding steroid dienone is 1. The van der Waals surface area contributed by atoms with Gasteiger partial charge in [0.05, 0.1) is 12.2 Å². The average Bonchev–Trinajstić information content (AvgIpc) is 1.93. The van der Waals surface area contributed by atoms with Crippen LogP contribution in [0.3, 0.4) is 0 Å². The molecule has 0 aromatic heterocycles. The van der Waals surface area contributed by atoms with E-state index < -0.39 is 0 Å². The molecule has 2 nitrogen and oxygen atoms in total. The molecule has 0 radical (unpaired) electrons. The predicted molar refractivity (Wildman–Crippen MR) is 44.2 cm³/mol. The Balaban J connectivity index is 2.41. The lowest BCUT2D eigenvalue weighted by Gasteiger charge is -2.23. The first kappa shape index (κ1) is 8.75. The first-order chi connectivity index (χ1) is 5.20. The number of hydrogen-bond donors (Lipinski definition) is 2. The fourth-order valence-corrected chi connectivity index (χ4v) is 1.51. The minimum atomic E-state index is -0.308. The van der Waals surface area contributed by atoms with Crippen LogP contribution in [-0.2, 0) is 0 Å². The topological polar surface area (TPSA) is 40.5 Å². The molecule has 64 valence electrons. The SMILES string of the molecule is C[C@H](O)C[C@@H]1C=CCC[C@@H]1O. The summed E-state index contributed by atoms with van der Waals surface area (Å²) < 4.78 is 0. The van der Waals surface area contributed by atoms with Crippen molar-refractivity contribution in [3.05, 3.63) is 12.2 Å². The predicted octanol–water partition coefficient (Wildman–Crippen LogP) is 1.08. The maximum absolute atomic E-state index is 9.46. The fourth-order valence-electron chi connectivity index (χ4n) is 1.51. The highest BCUT2D eigenvalue weighted by molar-refractivity contribution is 4.97. The molecule has 0 spiro atoms. The second-order valence-electron chi connectivity index (χ2n) is 3.32. The van der Waals surface area contributed by atoms with Gasteiger partial charge in [-0.1, -0.05) is 12.2 Å². The molecule has 0 fully saturated rings. The summed E-state index contributed by atoms with van der Waals surface area (Å²) in [6.07, 6.45) is 6.04. The number of hydrogen-bond acceptors (Lipinski definition) is 2. The van der Waals surface area contributed by atoms with Crippen LogP contribution in [0.2, 0.25) is 0 Å². The summed E-state index contributed by atoms with van der Waals surface area (Å²) >= 11 is 0. The molecule has 0 unspecified atom stereocenters. The van der Waals surface area contributed by atoms with E-state index in [1.165, 1.54) is 0 Å². The Hall–Kier alpha value is -0.340. The van der Waals surface area contributed by atoms with Crippen LogP contribution < -0.4 is 0 Å². The second kappa shape index (κ2) is 3.88. The molecule has 11 heavy (non-hydrogen) atoms. The molecule has 1 aliphatic rings. The Labute approximate surface area is 67.6 Å². The van der Waals surface area contributed by atoms with Crippen molar-refractivity contribution in [3.63, 3.8) is 0 Å². The van der Waals surface area contributed by atoms with Crippen molar-refractivity contribution in [1.29, 1.82) is 0 Å². The molecule has 1 aliphatic carbocycles. The Morgan fingerprint density at radius 2 is 2.36 bits per heavy atom. The number of rotatable bonds is 2. The summed E-state index contributed by atoms with van der Waals surface area (Å²) in [5.74, 6) is 0.170. The molecule has 3 atom stereocenters. The summed E-state index contributed by atoms with van der Waals surface area (Å²) in [5.41, 5.74) is 0. The van der Waals surface area contributed by atoms with Crippen LogP contribution in [-0.4, -0.2) is 22.4 Å². The molecule has 0 saturated carbocycles. The van der Waals surface area contributed by atoms with E-state index >= 15 is 0 Å². The normalized spacial score (nSPS) is 33.7. The molecule has 0 amide bonds. The van der Waals surface area contributed by atoms with E-state index in [0.29, 0.717) is 6.42 Å². The van der Waals surface area contributed by atoms with Crippen molar-refractivity contribution < 1.29 is 10.2 Å². The van der Waals surface area contributed by atoms with Gasteiger partial charge in [0.1, 0.15) is 0 Å². The molecule has 0 bridgehead atoms. The molecule has 0 heterocycles. The minimum Gasteiger partial charge on any atom is -0.393 e. The minimum absolute atomic E-state index is 0.170. The van der Waals surface area contributed by atoms with E-state index in [4.69, 9.17) is 5.11 Å². The van der Waals surface area contributed by atoms with Gasteiger partial charge in [-0.2, -0.15) is 0 Å². The third-order valence-corrected chi connectivity index (χ3v) is 2.12. The zero-order valence-corrected chi connectivity index (χ0v) is 6.90. The Kier molecular flexibility index (Phi) is 3.09. The highest BCUT2D eigenvalue weighted by Crippen LogP contribution is 2.21. The van der Waals surface area contributed by atoms with Crippen LogP contribution >= 0.6 is 0 Å². The van der Waals surface area contributed by atoms with Crippen molar-refractivity contribution in [2.75, 3.05) is 0 Å². The van der Waals surface area contributed by atoms with Crippen molar-refractivity contribution in [2.24, 2.45) is 5.92 Å². The van der Waals surface area contributed by atoms with E-state index in [1.54, 1.807) is 6.92 Å². The summed E-state index contributed by atoms with van der Waals surface area (Å²) in [4.78, 5) is 0. The quantitative estimate of drug-likeness (QED) is 0.587. The summed E-state index contributed by atoms with van der Waals surface area (Å²) in [6.45, 7) is 1.76. The molecule has 0 aromatic rings. The van der Waals surface area contributed by atoms with Gasteiger partial charge < -0.3 is 10.2 Å². The second-order valence-corrected chi connectivity index (χ2v) is 3.32. The third kappa shape index (κ3) is 2.64. The Morgan fingerprint density at radius 3 is 2.91 bits per heavy atom. The monoisotopic (exact) mass is 156 g/mol. The molecule has 0 aliphatic heterocycles. The van der Waals surface area contributed by atoms with Crippen molar-refractivity contribution in [1.82, 2.24) is 0 Å². The lowest BCUT2D eigenvalue weighted by Crippen LogP contribution is -2.24. The van der Waals surface area contributed by atoms with Crippen LogP contribution in [0.5, 0.6) is 0 Å². The van der Waals surface area contributed by atoms with Gasteiger partial charge in [-0.05, 0) is 26.2 Å². The zero-order chi connectivity index (χ0) is 8.27.